The number of nitrogens with one attached hydrogen (secondary N) is 2. The molecular weight excluding hydrogens is 416 g/mol. The summed E-state index contributed by atoms with van der Waals surface area (Å²) in [5.74, 6) is -1.43. The van der Waals surface area contributed by atoms with Crippen LogP contribution in [0.5, 0.6) is 0 Å². The number of carbonyl (C=O) groups excluding carboxylic acids is 2. The van der Waals surface area contributed by atoms with Crippen molar-refractivity contribution in [3.8, 4) is 0 Å². The van der Waals surface area contributed by atoms with Gasteiger partial charge in [-0.2, -0.15) is 0 Å². The van der Waals surface area contributed by atoms with Gasteiger partial charge in [-0.25, -0.2) is 23.3 Å². The maximum absolute atomic E-state index is 13.5. The molecule has 2 aliphatic heterocycles. The van der Waals surface area contributed by atoms with E-state index < -0.39 is 29.7 Å². The molecule has 170 valence electrons. The molecular formula is C23H27F2N5O2. The van der Waals surface area contributed by atoms with E-state index in [1.807, 2.05) is 18.3 Å². The summed E-state index contributed by atoms with van der Waals surface area (Å²) in [5.41, 5.74) is 1.58. The van der Waals surface area contributed by atoms with E-state index in [-0.39, 0.29) is 6.54 Å². The molecule has 32 heavy (non-hydrogen) atoms. The molecule has 3 heterocycles. The molecule has 1 atom stereocenters. The third-order valence-corrected chi connectivity index (χ3v) is 6.12. The van der Waals surface area contributed by atoms with Crippen molar-refractivity contribution in [3.05, 3.63) is 65.5 Å². The highest BCUT2D eigenvalue weighted by Crippen LogP contribution is 2.26. The quantitative estimate of drug-likeness (QED) is 0.671. The Morgan fingerprint density at radius 1 is 1.16 bits per heavy atom. The lowest BCUT2D eigenvalue weighted by Gasteiger charge is -2.31. The van der Waals surface area contributed by atoms with Gasteiger partial charge in [0.05, 0.1) is 12.6 Å². The molecule has 2 fully saturated rings. The van der Waals surface area contributed by atoms with Crippen LogP contribution in [0.1, 0.15) is 42.5 Å². The molecule has 4 rings (SSSR count). The monoisotopic (exact) mass is 443 g/mol. The zero-order chi connectivity index (χ0) is 22.5. The number of pyridine rings is 1. The van der Waals surface area contributed by atoms with Crippen molar-refractivity contribution >= 4 is 12.1 Å². The zero-order valence-corrected chi connectivity index (χ0v) is 17.8. The molecule has 9 heteroatoms. The smallest absolute Gasteiger partial charge is 0.326 e. The largest absolute Gasteiger partial charge is 0.338 e. The maximum Gasteiger partial charge on any atom is 0.326 e. The Morgan fingerprint density at radius 3 is 2.69 bits per heavy atom. The average molecular weight is 443 g/mol. The summed E-state index contributed by atoms with van der Waals surface area (Å²) in [7, 11) is 0. The van der Waals surface area contributed by atoms with Crippen molar-refractivity contribution in [2.45, 2.75) is 31.2 Å². The molecule has 0 saturated carbocycles. The summed E-state index contributed by atoms with van der Waals surface area (Å²) in [6.45, 7) is 3.40. The Morgan fingerprint density at radius 2 is 1.97 bits per heavy atom. The molecule has 2 aromatic rings. The fourth-order valence-electron chi connectivity index (χ4n) is 4.29. The topological polar surface area (TPSA) is 77.6 Å². The molecule has 0 aliphatic carbocycles. The van der Waals surface area contributed by atoms with Crippen LogP contribution in [0.3, 0.4) is 0 Å². The lowest BCUT2D eigenvalue weighted by atomic mass is 9.93. The molecule has 0 spiro atoms. The van der Waals surface area contributed by atoms with E-state index in [1.54, 1.807) is 0 Å². The first-order chi connectivity index (χ1) is 15.5. The normalized spacial score (nSPS) is 19.8. The van der Waals surface area contributed by atoms with Crippen molar-refractivity contribution < 1.29 is 18.4 Å². The second kappa shape index (κ2) is 10.0. The van der Waals surface area contributed by atoms with E-state index in [2.05, 4.69) is 26.6 Å². The number of hydrogen-bond donors (Lipinski definition) is 2. The molecule has 0 bridgehead atoms. The van der Waals surface area contributed by atoms with Crippen LogP contribution in [0.15, 0.2) is 42.6 Å². The summed E-state index contributed by atoms with van der Waals surface area (Å²) in [5, 5.41) is 5.41. The minimum Gasteiger partial charge on any atom is -0.338 e. The summed E-state index contributed by atoms with van der Waals surface area (Å²) in [4.78, 5) is 32.5. The molecule has 1 unspecified atom stereocenters. The van der Waals surface area contributed by atoms with Gasteiger partial charge in [-0.3, -0.25) is 4.98 Å². The number of nitrogens with zero attached hydrogens (tertiary/aromatic N) is 3. The second-order valence-corrected chi connectivity index (χ2v) is 8.24. The number of carbonyl (C=O) groups is 2. The highest BCUT2D eigenvalue weighted by Gasteiger charge is 2.34. The maximum atomic E-state index is 13.5. The highest BCUT2D eigenvalue weighted by molar-refractivity contribution is 5.95. The number of urea groups is 2. The van der Waals surface area contributed by atoms with Crippen LogP contribution in [0, 0.1) is 11.6 Å². The predicted octanol–water partition coefficient (Wildman–Crippen LogP) is 3.41. The minimum atomic E-state index is -0.983. The van der Waals surface area contributed by atoms with Crippen LogP contribution >= 0.6 is 0 Å². The van der Waals surface area contributed by atoms with Gasteiger partial charge in [0.25, 0.3) is 0 Å². The Bertz CT molecular complexity index is 951. The van der Waals surface area contributed by atoms with Gasteiger partial charge in [0.1, 0.15) is 0 Å². The first-order valence-corrected chi connectivity index (χ1v) is 11.0. The van der Waals surface area contributed by atoms with Gasteiger partial charge in [0.2, 0.25) is 0 Å². The van der Waals surface area contributed by atoms with Crippen LogP contribution in [-0.2, 0) is 0 Å². The van der Waals surface area contributed by atoms with Crippen molar-refractivity contribution in [1.29, 1.82) is 0 Å². The summed E-state index contributed by atoms with van der Waals surface area (Å²) in [6, 6.07) is 7.90. The van der Waals surface area contributed by atoms with E-state index in [4.69, 9.17) is 0 Å². The van der Waals surface area contributed by atoms with Crippen molar-refractivity contribution in [1.82, 2.24) is 25.4 Å². The SMILES string of the molecule is O=C(NCCCN1CCC(c2ccccn2)CC1)N1CC(c2ccc(F)c(F)c2)NC1=O. The number of hydrogen-bond acceptors (Lipinski definition) is 4. The van der Waals surface area contributed by atoms with Gasteiger partial charge in [0, 0.05) is 24.4 Å². The number of amides is 4. The molecule has 7 nitrogen and oxygen atoms in total. The van der Waals surface area contributed by atoms with E-state index in [0.29, 0.717) is 18.0 Å². The van der Waals surface area contributed by atoms with Crippen LogP contribution < -0.4 is 10.6 Å². The van der Waals surface area contributed by atoms with Gasteiger partial charge >= 0.3 is 12.1 Å². The van der Waals surface area contributed by atoms with Crippen LogP contribution in [-0.4, -0.2) is 59.6 Å². The van der Waals surface area contributed by atoms with Crippen molar-refractivity contribution in [2.75, 3.05) is 32.7 Å². The molecule has 0 radical (unpaired) electrons. The first-order valence-electron chi connectivity index (χ1n) is 11.0. The number of piperidine rings is 1. The Kier molecular flexibility index (Phi) is 6.94. The number of aromatic nitrogens is 1. The molecule has 2 saturated heterocycles. The lowest BCUT2D eigenvalue weighted by Crippen LogP contribution is -2.43. The summed E-state index contributed by atoms with van der Waals surface area (Å²) < 4.78 is 26.6. The van der Waals surface area contributed by atoms with Gasteiger partial charge in [0.15, 0.2) is 11.6 Å². The van der Waals surface area contributed by atoms with Gasteiger partial charge < -0.3 is 15.5 Å². The standard InChI is InChI=1S/C23H27F2N5O2/c24-18-6-5-17(14-19(18)25)21-15-30(23(32)28-21)22(31)27-10-3-11-29-12-7-16(8-13-29)20-4-1-2-9-26-20/h1-2,4-6,9,14,16,21H,3,7-8,10-13,15H2,(H,27,31)(H,28,32). The third kappa shape index (κ3) is 5.21. The fourth-order valence-corrected chi connectivity index (χ4v) is 4.29. The number of benzene rings is 1. The van der Waals surface area contributed by atoms with Gasteiger partial charge in [-0.1, -0.05) is 12.1 Å². The number of likely N-dealkylation sites (tertiary alicyclic amines) is 1. The Balaban J connectivity index is 1.17. The number of halogens is 2. The predicted molar refractivity (Wildman–Crippen MR) is 115 cm³/mol. The summed E-state index contributed by atoms with van der Waals surface area (Å²) in [6.07, 6.45) is 4.76. The van der Waals surface area contributed by atoms with Crippen LogP contribution in [0.25, 0.3) is 0 Å². The Labute approximate surface area is 185 Å². The zero-order valence-electron chi connectivity index (χ0n) is 17.8. The van der Waals surface area contributed by atoms with Crippen LogP contribution in [0.2, 0.25) is 0 Å². The average Bonchev–Trinajstić information content (AvgIpc) is 3.21. The van der Waals surface area contributed by atoms with E-state index in [9.17, 15) is 18.4 Å². The number of rotatable bonds is 6. The van der Waals surface area contributed by atoms with E-state index >= 15 is 0 Å². The first kappa shape index (κ1) is 22.1. The van der Waals surface area contributed by atoms with E-state index in [0.717, 1.165) is 61.6 Å². The Hall–Kier alpha value is -3.07. The van der Waals surface area contributed by atoms with E-state index in [1.165, 1.54) is 6.07 Å². The second-order valence-electron chi connectivity index (χ2n) is 8.24. The van der Waals surface area contributed by atoms with Gasteiger partial charge in [-0.05, 0) is 68.7 Å². The van der Waals surface area contributed by atoms with Crippen LogP contribution in [0.4, 0.5) is 18.4 Å². The lowest BCUT2D eigenvalue weighted by molar-refractivity contribution is 0.194. The molecule has 4 amide bonds. The molecule has 2 N–H and O–H groups in total. The molecule has 2 aliphatic rings. The molecule has 1 aromatic heterocycles. The minimum absolute atomic E-state index is 0.0662. The van der Waals surface area contributed by atoms with Crippen molar-refractivity contribution in [2.24, 2.45) is 0 Å². The van der Waals surface area contributed by atoms with Crippen molar-refractivity contribution in [3.63, 3.8) is 0 Å². The summed E-state index contributed by atoms with van der Waals surface area (Å²) >= 11 is 0. The molecule has 1 aromatic carbocycles. The third-order valence-electron chi connectivity index (χ3n) is 6.12. The highest BCUT2D eigenvalue weighted by atomic mass is 19.2. The van der Waals surface area contributed by atoms with Gasteiger partial charge in [-0.15, -0.1) is 0 Å². The number of imide groups is 1. The fraction of sp³-hybridized carbons (Fsp3) is 0.435.